The molecule has 1 atom stereocenters. The molecule has 2 N–H and O–H groups in total. The van der Waals surface area contributed by atoms with Crippen LogP contribution in [0, 0.1) is 6.92 Å². The van der Waals surface area contributed by atoms with Crippen molar-refractivity contribution in [2.75, 3.05) is 19.7 Å². The van der Waals surface area contributed by atoms with E-state index in [1.165, 1.54) is 5.69 Å². The lowest BCUT2D eigenvalue weighted by Crippen LogP contribution is -2.47. The number of halogens is 1. The van der Waals surface area contributed by atoms with Crippen molar-refractivity contribution in [3.63, 3.8) is 0 Å². The molecule has 5 nitrogen and oxygen atoms in total. The Morgan fingerprint density at radius 3 is 3.00 bits per heavy atom. The normalized spacial score (nSPS) is 20.7. The maximum absolute atomic E-state index is 5.67. The average molecular weight is 347 g/mol. The maximum Gasteiger partial charge on any atom is 0.120 e. The Morgan fingerprint density at radius 2 is 2.37 bits per heavy atom. The molecule has 0 saturated carbocycles. The molecule has 0 spiro atoms. The quantitative estimate of drug-likeness (QED) is 0.836. The molecule has 7 heteroatoms. The molecular weight excluding hydrogens is 328 g/mol. The van der Waals surface area contributed by atoms with Gasteiger partial charge in [0, 0.05) is 26.2 Å². The second kappa shape index (κ2) is 6.30. The largest absolute Gasteiger partial charge is 0.391 e. The second-order valence-corrected chi connectivity index (χ2v) is 5.92. The number of nitrogens with two attached hydrogens (primary N) is 1. The van der Waals surface area contributed by atoms with Crippen molar-refractivity contribution in [2.24, 2.45) is 5.73 Å². The summed E-state index contributed by atoms with van der Waals surface area (Å²) in [6.45, 7) is 8.10. The summed E-state index contributed by atoms with van der Waals surface area (Å²) in [5.74, 6) is 0. The fraction of sp³-hybridized carbons (Fsp3) is 0.667. The summed E-state index contributed by atoms with van der Waals surface area (Å²) < 4.78 is 8.68. The molecule has 106 valence electrons. The van der Waals surface area contributed by atoms with Gasteiger partial charge in [0.05, 0.1) is 22.5 Å². The Morgan fingerprint density at radius 1 is 1.63 bits per heavy atom. The molecule has 19 heavy (non-hydrogen) atoms. The molecule has 1 aromatic heterocycles. The number of hydrogen-bond acceptors (Lipinski definition) is 4. The summed E-state index contributed by atoms with van der Waals surface area (Å²) in [6, 6.07) is 0. The van der Waals surface area contributed by atoms with Crippen molar-refractivity contribution < 1.29 is 4.74 Å². The summed E-state index contributed by atoms with van der Waals surface area (Å²) in [6.07, 6.45) is -0.137. The van der Waals surface area contributed by atoms with Crippen LogP contribution in [-0.4, -0.2) is 45.5 Å². The lowest BCUT2D eigenvalue weighted by Gasteiger charge is -2.32. The van der Waals surface area contributed by atoms with Gasteiger partial charge in [-0.3, -0.25) is 9.58 Å². The maximum atomic E-state index is 5.67. The van der Waals surface area contributed by atoms with Gasteiger partial charge in [0.1, 0.15) is 11.1 Å². The van der Waals surface area contributed by atoms with E-state index in [2.05, 4.69) is 32.9 Å². The number of aryl methyl sites for hydroxylation is 2. The van der Waals surface area contributed by atoms with Crippen LogP contribution in [0.1, 0.15) is 18.3 Å². The molecule has 0 aliphatic carbocycles. The van der Waals surface area contributed by atoms with Gasteiger partial charge in [-0.1, -0.05) is 12.2 Å². The topological polar surface area (TPSA) is 56.3 Å². The third kappa shape index (κ3) is 3.34. The monoisotopic (exact) mass is 346 g/mol. The number of thiocarbonyl (C=S) groups is 1. The fourth-order valence-electron chi connectivity index (χ4n) is 2.25. The molecule has 0 aromatic carbocycles. The van der Waals surface area contributed by atoms with Gasteiger partial charge in [-0.05, 0) is 29.8 Å². The first-order valence-electron chi connectivity index (χ1n) is 6.38. The number of rotatable bonds is 4. The first-order chi connectivity index (χ1) is 9.02. The zero-order chi connectivity index (χ0) is 14.0. The van der Waals surface area contributed by atoms with Gasteiger partial charge in [-0.15, -0.1) is 0 Å². The van der Waals surface area contributed by atoms with Crippen LogP contribution < -0.4 is 5.73 Å². The molecular formula is C12H19BrN4OS. The van der Waals surface area contributed by atoms with Gasteiger partial charge in [0.15, 0.2) is 0 Å². The standard InChI is InChI=1S/C12H19BrN4OS/c1-3-17-9(11(13)8(2)15-17)6-16-4-5-18-10(7-16)12(14)19/h10H,3-7H2,1-2H3,(H2,14,19). The predicted molar refractivity (Wildman–Crippen MR) is 82.1 cm³/mol. The molecule has 1 saturated heterocycles. The second-order valence-electron chi connectivity index (χ2n) is 4.66. The minimum atomic E-state index is -0.137. The number of hydrogen-bond donors (Lipinski definition) is 1. The first kappa shape index (κ1) is 14.9. The van der Waals surface area contributed by atoms with Crippen LogP contribution in [0.2, 0.25) is 0 Å². The van der Waals surface area contributed by atoms with E-state index in [0.717, 1.165) is 36.3 Å². The van der Waals surface area contributed by atoms with Gasteiger partial charge in [-0.2, -0.15) is 5.10 Å². The van der Waals surface area contributed by atoms with Gasteiger partial charge < -0.3 is 10.5 Å². The van der Waals surface area contributed by atoms with Crippen LogP contribution in [0.4, 0.5) is 0 Å². The van der Waals surface area contributed by atoms with E-state index in [0.29, 0.717) is 11.6 Å². The third-order valence-electron chi connectivity index (χ3n) is 3.29. The molecule has 0 radical (unpaired) electrons. The molecule has 0 bridgehead atoms. The minimum absolute atomic E-state index is 0.137. The summed E-state index contributed by atoms with van der Waals surface area (Å²) >= 11 is 8.63. The minimum Gasteiger partial charge on any atom is -0.391 e. The van der Waals surface area contributed by atoms with Crippen molar-refractivity contribution in [1.29, 1.82) is 0 Å². The van der Waals surface area contributed by atoms with E-state index < -0.39 is 0 Å². The summed E-state index contributed by atoms with van der Waals surface area (Å²) in [4.78, 5) is 2.74. The smallest absolute Gasteiger partial charge is 0.120 e. The van der Waals surface area contributed by atoms with Gasteiger partial charge in [0.25, 0.3) is 0 Å². The first-order valence-corrected chi connectivity index (χ1v) is 7.58. The zero-order valence-corrected chi connectivity index (χ0v) is 13.6. The lowest BCUT2D eigenvalue weighted by molar-refractivity contribution is 0.00290. The Labute approximate surface area is 127 Å². The molecule has 2 heterocycles. The van der Waals surface area contributed by atoms with Gasteiger partial charge in [-0.25, -0.2) is 0 Å². The van der Waals surface area contributed by atoms with Crippen molar-refractivity contribution in [3.8, 4) is 0 Å². The van der Waals surface area contributed by atoms with Crippen molar-refractivity contribution in [2.45, 2.75) is 33.0 Å². The Kier molecular flexibility index (Phi) is 4.94. The molecule has 0 amide bonds. The highest BCUT2D eigenvalue weighted by Crippen LogP contribution is 2.23. The summed E-state index contributed by atoms with van der Waals surface area (Å²) in [5, 5.41) is 4.51. The molecule has 1 aliphatic heterocycles. The van der Waals surface area contributed by atoms with Crippen molar-refractivity contribution in [1.82, 2.24) is 14.7 Å². The van der Waals surface area contributed by atoms with E-state index in [4.69, 9.17) is 22.7 Å². The van der Waals surface area contributed by atoms with Crippen LogP contribution in [-0.2, 0) is 17.8 Å². The number of morpholine rings is 1. The highest BCUT2D eigenvalue weighted by atomic mass is 79.9. The van der Waals surface area contributed by atoms with E-state index in [9.17, 15) is 0 Å². The lowest BCUT2D eigenvalue weighted by atomic mass is 10.2. The van der Waals surface area contributed by atoms with E-state index in [1.807, 2.05) is 11.6 Å². The van der Waals surface area contributed by atoms with Crippen LogP contribution in [0.25, 0.3) is 0 Å². The summed E-state index contributed by atoms with van der Waals surface area (Å²) in [5.41, 5.74) is 7.89. The van der Waals surface area contributed by atoms with E-state index in [1.54, 1.807) is 0 Å². The molecule has 1 aliphatic rings. The Bertz CT molecular complexity index is 477. The SMILES string of the molecule is CCn1nc(C)c(Br)c1CN1CCOC(C(N)=S)C1. The van der Waals surface area contributed by atoms with Crippen molar-refractivity contribution >= 4 is 33.1 Å². The fourth-order valence-corrected chi connectivity index (χ4v) is 2.80. The van der Waals surface area contributed by atoms with Gasteiger partial charge >= 0.3 is 0 Å². The van der Waals surface area contributed by atoms with Gasteiger partial charge in [0.2, 0.25) is 0 Å². The number of aromatic nitrogens is 2. The molecule has 1 unspecified atom stereocenters. The van der Waals surface area contributed by atoms with E-state index >= 15 is 0 Å². The Balaban J connectivity index is 2.10. The van der Waals surface area contributed by atoms with Crippen LogP contribution in [0.3, 0.4) is 0 Å². The van der Waals surface area contributed by atoms with Crippen LogP contribution in [0.5, 0.6) is 0 Å². The Hall–Kier alpha value is -0.500. The number of ether oxygens (including phenoxy) is 1. The highest BCUT2D eigenvalue weighted by Gasteiger charge is 2.24. The average Bonchev–Trinajstić information content (AvgIpc) is 2.67. The van der Waals surface area contributed by atoms with Crippen LogP contribution >= 0.6 is 28.1 Å². The number of nitrogens with zero attached hydrogens (tertiary/aromatic N) is 3. The van der Waals surface area contributed by atoms with Crippen LogP contribution in [0.15, 0.2) is 4.47 Å². The predicted octanol–water partition coefficient (Wildman–Crippen LogP) is 1.46. The molecule has 2 rings (SSSR count). The molecule has 1 aromatic rings. The molecule has 1 fully saturated rings. The third-order valence-corrected chi connectivity index (χ3v) is 4.59. The summed E-state index contributed by atoms with van der Waals surface area (Å²) in [7, 11) is 0. The van der Waals surface area contributed by atoms with E-state index in [-0.39, 0.29) is 6.10 Å². The highest BCUT2D eigenvalue weighted by molar-refractivity contribution is 9.10. The zero-order valence-electron chi connectivity index (χ0n) is 11.2. The van der Waals surface area contributed by atoms with Crippen molar-refractivity contribution in [3.05, 3.63) is 15.9 Å².